The van der Waals surface area contributed by atoms with Crippen LogP contribution in [0.15, 0.2) is 18.2 Å². The Morgan fingerprint density at radius 2 is 1.95 bits per heavy atom. The van der Waals surface area contributed by atoms with Crippen LogP contribution in [0, 0.1) is 11.8 Å². The van der Waals surface area contributed by atoms with Gasteiger partial charge in [-0.3, -0.25) is 9.59 Å². The number of carbonyl (C=O) groups excluding carboxylic acids is 2. The molecule has 0 aromatic heterocycles. The van der Waals surface area contributed by atoms with Gasteiger partial charge in [0.2, 0.25) is 0 Å². The molecule has 2 N–H and O–H groups in total. The number of primary amides is 1. The van der Waals surface area contributed by atoms with Gasteiger partial charge in [0.25, 0.3) is 11.8 Å². The van der Waals surface area contributed by atoms with Crippen molar-refractivity contribution in [1.82, 2.24) is 4.90 Å². The van der Waals surface area contributed by atoms with E-state index in [0.717, 1.165) is 19.5 Å². The number of piperidine rings is 1. The van der Waals surface area contributed by atoms with Crippen LogP contribution in [0.3, 0.4) is 0 Å². The van der Waals surface area contributed by atoms with E-state index in [1.165, 1.54) is 6.07 Å². The number of rotatable bonds is 4. The molecule has 1 aromatic rings. The molecule has 5 nitrogen and oxygen atoms in total. The van der Waals surface area contributed by atoms with E-state index in [0.29, 0.717) is 16.9 Å². The number of amides is 2. The number of nitrogens with zero attached hydrogens (tertiary/aromatic N) is 1. The summed E-state index contributed by atoms with van der Waals surface area (Å²) in [7, 11) is 0. The van der Waals surface area contributed by atoms with E-state index in [-0.39, 0.29) is 23.8 Å². The summed E-state index contributed by atoms with van der Waals surface area (Å²) in [5.41, 5.74) is 5.48. The molecule has 0 aliphatic carbocycles. The van der Waals surface area contributed by atoms with Crippen LogP contribution in [0.5, 0.6) is 5.75 Å². The number of ether oxygens (including phenoxy) is 1. The van der Waals surface area contributed by atoms with Crippen molar-refractivity contribution < 1.29 is 14.3 Å². The molecule has 6 heteroatoms. The second-order valence-electron chi connectivity index (χ2n) is 6.04. The summed E-state index contributed by atoms with van der Waals surface area (Å²) in [4.78, 5) is 25.5. The van der Waals surface area contributed by atoms with Gasteiger partial charge in [-0.15, -0.1) is 0 Å². The number of benzene rings is 1. The molecule has 1 aliphatic heterocycles. The predicted octanol–water partition coefficient (Wildman–Crippen LogP) is 2.32. The van der Waals surface area contributed by atoms with Gasteiger partial charge in [0.15, 0.2) is 6.61 Å². The fourth-order valence-corrected chi connectivity index (χ4v) is 3.09. The normalized spacial score (nSPS) is 21.5. The average Bonchev–Trinajstić information content (AvgIpc) is 2.44. The van der Waals surface area contributed by atoms with Gasteiger partial charge in [0, 0.05) is 18.1 Å². The maximum absolute atomic E-state index is 12.3. The molecule has 0 unspecified atom stereocenters. The molecule has 1 saturated heterocycles. The Bertz CT molecular complexity index is 567. The summed E-state index contributed by atoms with van der Waals surface area (Å²) in [5, 5.41) is 0.395. The Hall–Kier alpha value is -1.75. The van der Waals surface area contributed by atoms with E-state index in [1.807, 2.05) is 4.90 Å². The van der Waals surface area contributed by atoms with E-state index in [2.05, 4.69) is 13.8 Å². The van der Waals surface area contributed by atoms with Gasteiger partial charge in [-0.05, 0) is 36.5 Å². The molecule has 2 atom stereocenters. The van der Waals surface area contributed by atoms with Gasteiger partial charge in [0.1, 0.15) is 5.75 Å². The Morgan fingerprint density at radius 3 is 2.55 bits per heavy atom. The van der Waals surface area contributed by atoms with E-state index < -0.39 is 5.91 Å². The standard InChI is InChI=1S/C16H21ClN2O3/c1-10-5-11(2)8-19(7-10)15(20)9-22-14-4-3-12(17)6-13(14)16(18)21/h3-4,6,10-11H,5,7-9H2,1-2H3,(H2,18,21)/t10-,11-/m0/s1. The molecule has 2 amide bonds. The quantitative estimate of drug-likeness (QED) is 0.923. The molecule has 22 heavy (non-hydrogen) atoms. The van der Waals surface area contributed by atoms with Crippen molar-refractivity contribution in [2.75, 3.05) is 19.7 Å². The lowest BCUT2D eigenvalue weighted by molar-refractivity contribution is -0.136. The van der Waals surface area contributed by atoms with Crippen LogP contribution in [0.25, 0.3) is 0 Å². The molecule has 1 aliphatic rings. The van der Waals surface area contributed by atoms with Gasteiger partial charge in [-0.25, -0.2) is 0 Å². The van der Waals surface area contributed by atoms with Gasteiger partial charge in [-0.1, -0.05) is 25.4 Å². The zero-order chi connectivity index (χ0) is 16.3. The first-order valence-corrected chi connectivity index (χ1v) is 7.74. The highest BCUT2D eigenvalue weighted by Crippen LogP contribution is 2.24. The van der Waals surface area contributed by atoms with Crippen LogP contribution >= 0.6 is 11.6 Å². The highest BCUT2D eigenvalue weighted by molar-refractivity contribution is 6.31. The zero-order valence-corrected chi connectivity index (χ0v) is 13.6. The third-order valence-electron chi connectivity index (χ3n) is 3.78. The van der Waals surface area contributed by atoms with E-state index >= 15 is 0 Å². The largest absolute Gasteiger partial charge is 0.483 e. The van der Waals surface area contributed by atoms with Gasteiger partial charge in [0.05, 0.1) is 5.56 Å². The number of carbonyl (C=O) groups is 2. The van der Waals surface area contributed by atoms with Crippen molar-refractivity contribution in [3.8, 4) is 5.75 Å². The molecule has 1 heterocycles. The Labute approximate surface area is 135 Å². The molecular weight excluding hydrogens is 304 g/mol. The number of halogens is 1. The Morgan fingerprint density at radius 1 is 1.32 bits per heavy atom. The first kappa shape index (κ1) is 16.6. The monoisotopic (exact) mass is 324 g/mol. The minimum atomic E-state index is -0.634. The number of nitrogens with two attached hydrogens (primary N) is 1. The lowest BCUT2D eigenvalue weighted by Gasteiger charge is -2.34. The summed E-state index contributed by atoms with van der Waals surface area (Å²) in [6, 6.07) is 4.59. The fourth-order valence-electron chi connectivity index (χ4n) is 2.92. The fraction of sp³-hybridized carbons (Fsp3) is 0.500. The van der Waals surface area contributed by atoms with E-state index in [1.54, 1.807) is 12.1 Å². The van der Waals surface area contributed by atoms with Crippen LogP contribution in [0.2, 0.25) is 5.02 Å². The predicted molar refractivity (Wildman–Crippen MR) is 85.0 cm³/mol. The van der Waals surface area contributed by atoms with Crippen LogP contribution in [-0.2, 0) is 4.79 Å². The molecule has 120 valence electrons. The topological polar surface area (TPSA) is 72.6 Å². The minimum Gasteiger partial charge on any atom is -0.483 e. The number of hydrogen-bond donors (Lipinski definition) is 1. The molecular formula is C16H21ClN2O3. The van der Waals surface area contributed by atoms with Crippen molar-refractivity contribution in [2.45, 2.75) is 20.3 Å². The molecule has 1 aromatic carbocycles. The third-order valence-corrected chi connectivity index (χ3v) is 4.01. The van der Waals surface area contributed by atoms with Crippen LogP contribution in [0.4, 0.5) is 0 Å². The van der Waals surface area contributed by atoms with E-state index in [9.17, 15) is 9.59 Å². The second kappa shape index (κ2) is 7.01. The van der Waals surface area contributed by atoms with Crippen molar-refractivity contribution in [3.05, 3.63) is 28.8 Å². The Balaban J connectivity index is 2.01. The van der Waals surface area contributed by atoms with Gasteiger partial charge >= 0.3 is 0 Å². The smallest absolute Gasteiger partial charge is 0.260 e. The molecule has 0 bridgehead atoms. The molecule has 0 saturated carbocycles. The summed E-state index contributed by atoms with van der Waals surface area (Å²) in [5.74, 6) is 0.547. The van der Waals surface area contributed by atoms with Crippen LogP contribution in [0.1, 0.15) is 30.6 Å². The van der Waals surface area contributed by atoms with Crippen LogP contribution < -0.4 is 10.5 Å². The van der Waals surface area contributed by atoms with Gasteiger partial charge < -0.3 is 15.4 Å². The third kappa shape index (κ3) is 4.13. The summed E-state index contributed by atoms with van der Waals surface area (Å²) in [6.45, 7) is 5.66. The van der Waals surface area contributed by atoms with Crippen molar-refractivity contribution in [2.24, 2.45) is 17.6 Å². The number of hydrogen-bond acceptors (Lipinski definition) is 3. The van der Waals surface area contributed by atoms with Crippen molar-refractivity contribution in [3.63, 3.8) is 0 Å². The molecule has 0 spiro atoms. The summed E-state index contributed by atoms with van der Waals surface area (Å²) < 4.78 is 5.49. The van der Waals surface area contributed by atoms with E-state index in [4.69, 9.17) is 22.1 Å². The SMILES string of the molecule is C[C@H]1C[C@H](C)CN(C(=O)COc2ccc(Cl)cc2C(N)=O)C1. The summed E-state index contributed by atoms with van der Waals surface area (Å²) >= 11 is 5.84. The lowest BCUT2D eigenvalue weighted by Crippen LogP contribution is -2.44. The first-order chi connectivity index (χ1) is 10.4. The zero-order valence-electron chi connectivity index (χ0n) is 12.8. The minimum absolute atomic E-state index is 0.0798. The second-order valence-corrected chi connectivity index (χ2v) is 6.47. The maximum atomic E-state index is 12.3. The highest BCUT2D eigenvalue weighted by Gasteiger charge is 2.25. The Kier molecular flexibility index (Phi) is 5.29. The maximum Gasteiger partial charge on any atom is 0.260 e. The number of likely N-dealkylation sites (tertiary alicyclic amines) is 1. The van der Waals surface area contributed by atoms with Crippen molar-refractivity contribution >= 4 is 23.4 Å². The lowest BCUT2D eigenvalue weighted by atomic mass is 9.92. The highest BCUT2D eigenvalue weighted by atomic mass is 35.5. The molecule has 1 fully saturated rings. The van der Waals surface area contributed by atoms with Gasteiger partial charge in [-0.2, -0.15) is 0 Å². The molecule has 0 radical (unpaired) electrons. The van der Waals surface area contributed by atoms with Crippen molar-refractivity contribution in [1.29, 1.82) is 0 Å². The van der Waals surface area contributed by atoms with Crippen LogP contribution in [-0.4, -0.2) is 36.4 Å². The average molecular weight is 325 g/mol. The summed E-state index contributed by atoms with van der Waals surface area (Å²) in [6.07, 6.45) is 1.13. The molecule has 2 rings (SSSR count). The first-order valence-electron chi connectivity index (χ1n) is 7.36.